The Morgan fingerprint density at radius 3 is 2.74 bits per heavy atom. The number of carbonyl (C=O) groups is 1. The molecule has 8 heteroatoms. The van der Waals surface area contributed by atoms with E-state index in [9.17, 15) is 9.59 Å². The van der Waals surface area contributed by atoms with Gasteiger partial charge in [-0.25, -0.2) is 4.98 Å². The molecule has 0 aliphatic carbocycles. The Morgan fingerprint density at radius 2 is 1.91 bits per heavy atom. The fraction of sp³-hybridized carbons (Fsp3) is 0.269. The lowest BCUT2D eigenvalue weighted by molar-refractivity contribution is -0.121. The molecule has 0 saturated carbocycles. The van der Waals surface area contributed by atoms with Gasteiger partial charge in [-0.2, -0.15) is 0 Å². The molecule has 5 rings (SSSR count). The van der Waals surface area contributed by atoms with Crippen molar-refractivity contribution in [2.75, 3.05) is 19.8 Å². The Hall–Kier alpha value is -3.65. The van der Waals surface area contributed by atoms with Crippen molar-refractivity contribution in [1.82, 2.24) is 14.9 Å². The van der Waals surface area contributed by atoms with Crippen molar-refractivity contribution in [3.63, 3.8) is 0 Å². The lowest BCUT2D eigenvalue weighted by Crippen LogP contribution is -2.33. The fourth-order valence-electron chi connectivity index (χ4n) is 4.00. The number of hydrogen-bond acceptors (Lipinski definition) is 6. The van der Waals surface area contributed by atoms with Crippen LogP contribution in [-0.4, -0.2) is 35.2 Å². The topological polar surface area (TPSA) is 82.5 Å². The molecule has 1 amide bonds. The summed E-state index contributed by atoms with van der Waals surface area (Å²) in [5, 5.41) is 5.41. The molecule has 2 aromatic carbocycles. The molecule has 0 fully saturated rings. The Kier molecular flexibility index (Phi) is 6.06. The number of aryl methyl sites for hydroxylation is 2. The molecule has 1 N–H and O–H groups in total. The smallest absolute Gasteiger partial charge is 0.263 e. The maximum Gasteiger partial charge on any atom is 0.263 e. The first kappa shape index (κ1) is 22.2. The number of thiophene rings is 1. The number of amides is 1. The summed E-state index contributed by atoms with van der Waals surface area (Å²) in [6.45, 7) is 5.58. The first-order chi connectivity index (χ1) is 16.5. The molecule has 4 aromatic rings. The van der Waals surface area contributed by atoms with E-state index >= 15 is 0 Å². The van der Waals surface area contributed by atoms with Crippen LogP contribution in [0.15, 0.2) is 52.9 Å². The van der Waals surface area contributed by atoms with Gasteiger partial charge in [0, 0.05) is 17.5 Å². The second-order valence-corrected chi connectivity index (χ2v) is 9.24. The number of ether oxygens (including phenoxy) is 2. The molecule has 174 valence electrons. The Balaban J connectivity index is 1.28. The highest BCUT2D eigenvalue weighted by Gasteiger charge is 2.16. The van der Waals surface area contributed by atoms with Crippen LogP contribution in [0.25, 0.3) is 21.3 Å². The number of nitrogens with zero attached hydrogens (tertiary/aromatic N) is 2. The minimum atomic E-state index is -0.233. The molecule has 1 aliphatic rings. The summed E-state index contributed by atoms with van der Waals surface area (Å²) in [6.07, 6.45) is 2.10. The van der Waals surface area contributed by atoms with E-state index in [1.54, 1.807) is 0 Å². The molecule has 0 saturated heterocycles. The molecule has 34 heavy (non-hydrogen) atoms. The van der Waals surface area contributed by atoms with Crippen LogP contribution in [0.2, 0.25) is 0 Å². The summed E-state index contributed by atoms with van der Waals surface area (Å²) in [5.41, 5.74) is 5.04. The van der Waals surface area contributed by atoms with Crippen molar-refractivity contribution in [3.05, 3.63) is 75.1 Å². The summed E-state index contributed by atoms with van der Waals surface area (Å²) in [4.78, 5) is 30.9. The molecule has 0 unspecified atom stereocenters. The van der Waals surface area contributed by atoms with Crippen LogP contribution in [0.5, 0.6) is 11.5 Å². The molecular weight excluding hydrogens is 450 g/mol. The van der Waals surface area contributed by atoms with Crippen LogP contribution >= 0.6 is 11.3 Å². The number of aromatic nitrogens is 2. The number of hydrogen-bond donors (Lipinski definition) is 1. The van der Waals surface area contributed by atoms with Gasteiger partial charge in [-0.1, -0.05) is 24.3 Å². The third kappa shape index (κ3) is 4.41. The van der Waals surface area contributed by atoms with E-state index in [0.29, 0.717) is 36.4 Å². The minimum absolute atomic E-state index is 0.0782. The number of fused-ring (bicyclic) bond motifs is 2. The number of nitrogens with one attached hydrogen (secondary N) is 1. The molecule has 7 nitrogen and oxygen atoms in total. The van der Waals surface area contributed by atoms with Gasteiger partial charge in [0.25, 0.3) is 5.56 Å². The zero-order chi connectivity index (χ0) is 23.7. The van der Waals surface area contributed by atoms with Crippen molar-refractivity contribution < 1.29 is 14.3 Å². The highest BCUT2D eigenvalue weighted by Crippen LogP contribution is 2.32. The van der Waals surface area contributed by atoms with E-state index in [2.05, 4.69) is 36.3 Å². The van der Waals surface area contributed by atoms with Gasteiger partial charge in [0.05, 0.1) is 11.7 Å². The molecular formula is C26H25N3O4S. The van der Waals surface area contributed by atoms with Gasteiger partial charge < -0.3 is 14.8 Å². The fourth-order valence-corrected chi connectivity index (χ4v) is 4.91. The third-order valence-electron chi connectivity index (χ3n) is 6.04. The zero-order valence-corrected chi connectivity index (χ0v) is 19.9. The number of benzene rings is 2. The highest BCUT2D eigenvalue weighted by molar-refractivity contribution is 7.17. The van der Waals surface area contributed by atoms with Crippen LogP contribution in [-0.2, 0) is 17.8 Å². The number of rotatable bonds is 6. The second-order valence-electron chi connectivity index (χ2n) is 8.38. The van der Waals surface area contributed by atoms with Gasteiger partial charge in [0.2, 0.25) is 5.91 Å². The molecule has 1 aliphatic heterocycles. The Labute approximate surface area is 201 Å². The monoisotopic (exact) mass is 475 g/mol. The minimum Gasteiger partial charge on any atom is -0.486 e. The number of carbonyl (C=O) groups excluding carboxylic acids is 1. The lowest BCUT2D eigenvalue weighted by Gasteiger charge is -2.18. The predicted octanol–water partition coefficient (Wildman–Crippen LogP) is 3.87. The first-order valence-electron chi connectivity index (χ1n) is 11.2. The summed E-state index contributed by atoms with van der Waals surface area (Å²) in [7, 11) is 0. The molecule has 3 heterocycles. The van der Waals surface area contributed by atoms with Crippen molar-refractivity contribution >= 4 is 27.5 Å². The van der Waals surface area contributed by atoms with E-state index in [-0.39, 0.29) is 18.0 Å². The van der Waals surface area contributed by atoms with Gasteiger partial charge >= 0.3 is 0 Å². The molecule has 2 aromatic heterocycles. The average Bonchev–Trinajstić information content (AvgIpc) is 3.27. The summed E-state index contributed by atoms with van der Waals surface area (Å²) in [6, 6.07) is 11.9. The van der Waals surface area contributed by atoms with Gasteiger partial charge in [0.15, 0.2) is 11.5 Å². The van der Waals surface area contributed by atoms with E-state index in [4.69, 9.17) is 9.47 Å². The van der Waals surface area contributed by atoms with Crippen LogP contribution in [0.1, 0.15) is 16.7 Å². The van der Waals surface area contributed by atoms with E-state index < -0.39 is 0 Å². The lowest BCUT2D eigenvalue weighted by atomic mass is 10.0. The van der Waals surface area contributed by atoms with Crippen LogP contribution in [0.3, 0.4) is 0 Å². The van der Waals surface area contributed by atoms with Crippen molar-refractivity contribution in [1.29, 1.82) is 0 Å². The third-order valence-corrected chi connectivity index (χ3v) is 6.92. The van der Waals surface area contributed by atoms with Gasteiger partial charge in [-0.05, 0) is 54.7 Å². The summed E-state index contributed by atoms with van der Waals surface area (Å²) < 4.78 is 12.5. The maximum atomic E-state index is 13.2. The standard InChI is InChI=1S/C26H25N3O4S/c1-16-3-5-19(11-17(16)2)20-14-34-25-24(20)26(31)29(15-28-25)13-23(30)27-8-7-18-4-6-21-22(12-18)33-10-9-32-21/h3-6,11-12,14-15H,7-10,13H2,1-2H3,(H,27,30). The summed E-state index contributed by atoms with van der Waals surface area (Å²) >= 11 is 1.44. The first-order valence-corrected chi connectivity index (χ1v) is 12.1. The van der Waals surface area contributed by atoms with Crippen LogP contribution in [0.4, 0.5) is 0 Å². The van der Waals surface area contributed by atoms with Gasteiger partial charge in [0.1, 0.15) is 24.6 Å². The average molecular weight is 476 g/mol. The second kappa shape index (κ2) is 9.30. The Morgan fingerprint density at radius 1 is 1.09 bits per heavy atom. The largest absolute Gasteiger partial charge is 0.486 e. The quantitative estimate of drug-likeness (QED) is 0.458. The molecule has 0 atom stereocenters. The van der Waals surface area contributed by atoms with Crippen LogP contribution in [0, 0.1) is 13.8 Å². The van der Waals surface area contributed by atoms with Gasteiger partial charge in [-0.3, -0.25) is 14.2 Å². The maximum absolute atomic E-state index is 13.2. The highest BCUT2D eigenvalue weighted by atomic mass is 32.1. The van der Waals surface area contributed by atoms with Gasteiger partial charge in [-0.15, -0.1) is 11.3 Å². The van der Waals surface area contributed by atoms with E-state index in [1.807, 2.05) is 29.6 Å². The van der Waals surface area contributed by atoms with E-state index in [0.717, 1.165) is 28.2 Å². The normalized spacial score (nSPS) is 12.6. The van der Waals surface area contributed by atoms with Crippen LogP contribution < -0.4 is 20.3 Å². The Bertz CT molecular complexity index is 1440. The SMILES string of the molecule is Cc1ccc(-c2csc3ncn(CC(=O)NCCc4ccc5c(c4)OCCO5)c(=O)c23)cc1C. The predicted molar refractivity (Wildman–Crippen MR) is 133 cm³/mol. The van der Waals surface area contributed by atoms with Crippen molar-refractivity contribution in [2.24, 2.45) is 0 Å². The molecule has 0 radical (unpaired) electrons. The van der Waals surface area contributed by atoms with E-state index in [1.165, 1.54) is 33.4 Å². The zero-order valence-electron chi connectivity index (χ0n) is 19.1. The molecule has 0 bridgehead atoms. The van der Waals surface area contributed by atoms with Crippen molar-refractivity contribution in [3.8, 4) is 22.6 Å². The molecule has 0 spiro atoms. The summed E-state index contributed by atoms with van der Waals surface area (Å²) in [5.74, 6) is 1.25. The van der Waals surface area contributed by atoms with Crippen molar-refractivity contribution in [2.45, 2.75) is 26.8 Å².